The smallest absolute Gasteiger partial charge is 0.122 e. The summed E-state index contributed by atoms with van der Waals surface area (Å²) in [6.45, 7) is 2.19. The Morgan fingerprint density at radius 3 is 2.31 bits per heavy atom. The number of rotatable bonds is 3. The SMILES string of the molecule is COc1cc(OC)cc([C@H]2CCCNC2)c1. The maximum atomic E-state index is 5.29. The van der Waals surface area contributed by atoms with Crippen molar-refractivity contribution in [1.82, 2.24) is 5.32 Å². The van der Waals surface area contributed by atoms with Gasteiger partial charge in [-0.3, -0.25) is 0 Å². The van der Waals surface area contributed by atoms with E-state index in [-0.39, 0.29) is 0 Å². The summed E-state index contributed by atoms with van der Waals surface area (Å²) in [5, 5.41) is 3.43. The Balaban J connectivity index is 2.24. The molecule has 88 valence electrons. The molecule has 3 heteroatoms. The Bertz CT molecular complexity index is 324. The predicted octanol–water partition coefficient (Wildman–Crippen LogP) is 2.17. The van der Waals surface area contributed by atoms with E-state index >= 15 is 0 Å². The van der Waals surface area contributed by atoms with Crippen LogP contribution in [0.5, 0.6) is 11.5 Å². The number of hydrogen-bond acceptors (Lipinski definition) is 3. The second-order valence-corrected chi connectivity index (χ2v) is 4.19. The molecule has 1 aliphatic rings. The van der Waals surface area contributed by atoms with Crippen molar-refractivity contribution in [3.05, 3.63) is 23.8 Å². The Morgan fingerprint density at radius 2 is 1.81 bits per heavy atom. The molecule has 1 aromatic rings. The summed E-state index contributed by atoms with van der Waals surface area (Å²) in [6.07, 6.45) is 2.48. The lowest BCUT2D eigenvalue weighted by Crippen LogP contribution is -2.28. The van der Waals surface area contributed by atoms with Gasteiger partial charge in [0.1, 0.15) is 11.5 Å². The molecule has 1 fully saturated rings. The molecule has 1 N–H and O–H groups in total. The number of hydrogen-bond donors (Lipinski definition) is 1. The third-order valence-electron chi connectivity index (χ3n) is 3.14. The number of ether oxygens (including phenoxy) is 2. The van der Waals surface area contributed by atoms with Crippen molar-refractivity contribution >= 4 is 0 Å². The molecule has 0 aromatic heterocycles. The van der Waals surface area contributed by atoms with Crippen LogP contribution in [0.1, 0.15) is 24.3 Å². The number of methoxy groups -OCH3 is 2. The molecule has 1 atom stereocenters. The maximum absolute atomic E-state index is 5.29. The summed E-state index contributed by atoms with van der Waals surface area (Å²) in [6, 6.07) is 6.14. The van der Waals surface area contributed by atoms with Gasteiger partial charge < -0.3 is 14.8 Å². The minimum absolute atomic E-state index is 0.581. The zero-order valence-corrected chi connectivity index (χ0v) is 9.95. The van der Waals surface area contributed by atoms with Crippen LogP contribution in [0.3, 0.4) is 0 Å². The zero-order valence-electron chi connectivity index (χ0n) is 9.95. The fraction of sp³-hybridized carbons (Fsp3) is 0.538. The van der Waals surface area contributed by atoms with Gasteiger partial charge in [0, 0.05) is 12.6 Å². The quantitative estimate of drug-likeness (QED) is 0.848. The van der Waals surface area contributed by atoms with Crippen LogP contribution in [0.25, 0.3) is 0 Å². The van der Waals surface area contributed by atoms with Gasteiger partial charge in [0.2, 0.25) is 0 Å². The minimum Gasteiger partial charge on any atom is -0.497 e. The standard InChI is InChI=1S/C13H19NO2/c1-15-12-6-11(7-13(8-12)16-2)10-4-3-5-14-9-10/h6-8,10,14H,3-5,9H2,1-2H3/t10-/m0/s1. The number of nitrogens with one attached hydrogen (secondary N) is 1. The fourth-order valence-electron chi connectivity index (χ4n) is 2.20. The fourth-order valence-corrected chi connectivity index (χ4v) is 2.20. The molecule has 1 aliphatic heterocycles. The molecule has 3 nitrogen and oxygen atoms in total. The zero-order chi connectivity index (χ0) is 11.4. The van der Waals surface area contributed by atoms with Gasteiger partial charge in [-0.15, -0.1) is 0 Å². The van der Waals surface area contributed by atoms with E-state index in [2.05, 4.69) is 17.4 Å². The summed E-state index contributed by atoms with van der Waals surface area (Å²) in [5.74, 6) is 2.33. The number of benzene rings is 1. The Labute approximate surface area is 96.8 Å². The lowest BCUT2D eigenvalue weighted by atomic mass is 9.91. The van der Waals surface area contributed by atoms with Gasteiger partial charge in [0.15, 0.2) is 0 Å². The lowest BCUT2D eigenvalue weighted by molar-refractivity contribution is 0.390. The highest BCUT2D eigenvalue weighted by molar-refractivity contribution is 5.40. The van der Waals surface area contributed by atoms with Crippen LogP contribution in [0.4, 0.5) is 0 Å². The van der Waals surface area contributed by atoms with Crippen LogP contribution in [-0.2, 0) is 0 Å². The monoisotopic (exact) mass is 221 g/mol. The van der Waals surface area contributed by atoms with Gasteiger partial charge in [-0.05, 0) is 43.0 Å². The normalized spacial score (nSPS) is 20.5. The van der Waals surface area contributed by atoms with E-state index < -0.39 is 0 Å². The highest BCUT2D eigenvalue weighted by atomic mass is 16.5. The molecule has 0 unspecified atom stereocenters. The van der Waals surface area contributed by atoms with Crippen LogP contribution >= 0.6 is 0 Å². The average Bonchev–Trinajstić information content (AvgIpc) is 2.39. The second-order valence-electron chi connectivity index (χ2n) is 4.19. The van der Waals surface area contributed by atoms with E-state index in [9.17, 15) is 0 Å². The van der Waals surface area contributed by atoms with Crippen molar-refractivity contribution in [2.45, 2.75) is 18.8 Å². The molecule has 2 rings (SSSR count). The first-order valence-electron chi connectivity index (χ1n) is 5.77. The van der Waals surface area contributed by atoms with Crippen LogP contribution in [0.2, 0.25) is 0 Å². The van der Waals surface area contributed by atoms with Crippen molar-refractivity contribution in [2.75, 3.05) is 27.3 Å². The first kappa shape index (κ1) is 11.3. The van der Waals surface area contributed by atoms with Crippen LogP contribution < -0.4 is 14.8 Å². The summed E-state index contributed by atoms with van der Waals surface area (Å²) < 4.78 is 10.6. The molecule has 0 amide bonds. The molecule has 16 heavy (non-hydrogen) atoms. The summed E-state index contributed by atoms with van der Waals surface area (Å²) in [7, 11) is 3.38. The second kappa shape index (κ2) is 5.21. The lowest BCUT2D eigenvalue weighted by Gasteiger charge is -2.23. The first-order chi connectivity index (χ1) is 7.83. The predicted molar refractivity (Wildman–Crippen MR) is 64.4 cm³/mol. The van der Waals surface area contributed by atoms with Crippen LogP contribution in [0, 0.1) is 0 Å². The van der Waals surface area contributed by atoms with E-state index in [1.54, 1.807) is 14.2 Å². The topological polar surface area (TPSA) is 30.5 Å². The molecule has 1 aromatic carbocycles. The highest BCUT2D eigenvalue weighted by Crippen LogP contribution is 2.30. The molecule has 0 bridgehead atoms. The molecule has 0 saturated carbocycles. The van der Waals surface area contributed by atoms with Crippen molar-refractivity contribution < 1.29 is 9.47 Å². The molecule has 1 saturated heterocycles. The summed E-state index contributed by atoms with van der Waals surface area (Å²) >= 11 is 0. The maximum Gasteiger partial charge on any atom is 0.122 e. The van der Waals surface area contributed by atoms with Crippen molar-refractivity contribution in [3.63, 3.8) is 0 Å². The molecule has 0 aliphatic carbocycles. The first-order valence-corrected chi connectivity index (χ1v) is 5.77. The average molecular weight is 221 g/mol. The third-order valence-corrected chi connectivity index (χ3v) is 3.14. The van der Waals surface area contributed by atoms with Crippen molar-refractivity contribution in [1.29, 1.82) is 0 Å². The van der Waals surface area contributed by atoms with E-state index in [0.29, 0.717) is 5.92 Å². The summed E-state index contributed by atoms with van der Waals surface area (Å²) in [4.78, 5) is 0. The van der Waals surface area contributed by atoms with Gasteiger partial charge in [0.05, 0.1) is 14.2 Å². The Hall–Kier alpha value is -1.22. The molecule has 0 spiro atoms. The van der Waals surface area contributed by atoms with Crippen LogP contribution in [-0.4, -0.2) is 27.3 Å². The minimum atomic E-state index is 0.581. The molecule has 0 radical (unpaired) electrons. The van der Waals surface area contributed by atoms with E-state index in [0.717, 1.165) is 24.6 Å². The van der Waals surface area contributed by atoms with Crippen LogP contribution in [0.15, 0.2) is 18.2 Å². The van der Waals surface area contributed by atoms with Gasteiger partial charge >= 0.3 is 0 Å². The van der Waals surface area contributed by atoms with Gasteiger partial charge in [-0.2, -0.15) is 0 Å². The van der Waals surface area contributed by atoms with E-state index in [4.69, 9.17) is 9.47 Å². The van der Waals surface area contributed by atoms with Crippen molar-refractivity contribution in [3.8, 4) is 11.5 Å². The third kappa shape index (κ3) is 2.47. The Morgan fingerprint density at radius 1 is 1.12 bits per heavy atom. The summed E-state index contributed by atoms with van der Waals surface area (Å²) in [5.41, 5.74) is 1.31. The van der Waals surface area contributed by atoms with E-state index in [1.807, 2.05) is 6.07 Å². The highest BCUT2D eigenvalue weighted by Gasteiger charge is 2.16. The largest absolute Gasteiger partial charge is 0.497 e. The number of piperidine rings is 1. The van der Waals surface area contributed by atoms with Crippen molar-refractivity contribution in [2.24, 2.45) is 0 Å². The van der Waals surface area contributed by atoms with E-state index in [1.165, 1.54) is 18.4 Å². The molecular weight excluding hydrogens is 202 g/mol. The Kier molecular flexibility index (Phi) is 3.67. The molecule has 1 heterocycles. The van der Waals surface area contributed by atoms with Gasteiger partial charge in [0.25, 0.3) is 0 Å². The van der Waals surface area contributed by atoms with Gasteiger partial charge in [-0.1, -0.05) is 0 Å². The molecular formula is C13H19NO2. The van der Waals surface area contributed by atoms with Gasteiger partial charge in [-0.25, -0.2) is 0 Å².